The zero-order chi connectivity index (χ0) is 23.9. The molecule has 1 aromatic rings. The first-order valence-electron chi connectivity index (χ1n) is 10.3. The number of aliphatic hydroxyl groups is 4. The van der Waals surface area contributed by atoms with E-state index in [-0.39, 0.29) is 11.3 Å². The van der Waals surface area contributed by atoms with Crippen LogP contribution in [0.5, 0.6) is 5.75 Å². The van der Waals surface area contributed by atoms with E-state index < -0.39 is 76.3 Å². The van der Waals surface area contributed by atoms with Crippen molar-refractivity contribution in [2.45, 2.75) is 30.8 Å². The number of hydrogen-bond donors (Lipinski definition) is 6. The van der Waals surface area contributed by atoms with Crippen LogP contribution in [0.2, 0.25) is 0 Å². The molecule has 0 heterocycles. The van der Waals surface area contributed by atoms with Crippen LogP contribution in [0, 0.1) is 23.7 Å². The number of phenolic OH excluding ortho intramolecular Hbond substituents is 1. The summed E-state index contributed by atoms with van der Waals surface area (Å²) >= 11 is 0. The highest BCUT2D eigenvalue weighted by Crippen LogP contribution is 2.57. The maximum Gasteiger partial charge on any atom is 0.255 e. The van der Waals surface area contributed by atoms with Crippen LogP contribution in [0.3, 0.4) is 0 Å². The summed E-state index contributed by atoms with van der Waals surface area (Å²) in [5.41, 5.74) is 4.85. The molecule has 10 heteroatoms. The van der Waals surface area contributed by atoms with Crippen LogP contribution in [0.25, 0.3) is 0 Å². The lowest BCUT2D eigenvalue weighted by atomic mass is 9.50. The number of ketones is 2. The number of carbonyl (C=O) groups excluding carboxylic acids is 3. The molecule has 32 heavy (non-hydrogen) atoms. The van der Waals surface area contributed by atoms with Crippen molar-refractivity contribution in [2.24, 2.45) is 29.4 Å². The van der Waals surface area contributed by atoms with Crippen molar-refractivity contribution >= 4 is 17.5 Å². The lowest BCUT2D eigenvalue weighted by Gasteiger charge is -2.57. The van der Waals surface area contributed by atoms with Gasteiger partial charge in [-0.2, -0.15) is 0 Å². The number of aromatic hydroxyl groups is 1. The molecule has 1 fully saturated rings. The minimum atomic E-state index is -2.98. The molecule has 7 atom stereocenters. The van der Waals surface area contributed by atoms with E-state index in [4.69, 9.17) is 5.73 Å². The second-order valence-electron chi connectivity index (χ2n) is 9.18. The zero-order valence-electron chi connectivity index (χ0n) is 17.8. The highest BCUT2D eigenvalue weighted by Gasteiger charge is 2.69. The van der Waals surface area contributed by atoms with Crippen molar-refractivity contribution in [2.75, 3.05) is 14.1 Å². The molecule has 0 aromatic heterocycles. The Morgan fingerprint density at radius 3 is 2.22 bits per heavy atom. The topological polar surface area (TPSA) is 182 Å². The number of benzene rings is 1. The summed E-state index contributed by atoms with van der Waals surface area (Å²) in [7, 11) is 3.06. The molecule has 0 bridgehead atoms. The van der Waals surface area contributed by atoms with Crippen LogP contribution in [0.4, 0.5) is 0 Å². The molecular weight excluding hydrogens is 420 g/mol. The summed E-state index contributed by atoms with van der Waals surface area (Å²) < 4.78 is 0. The number of amides is 1. The van der Waals surface area contributed by atoms with Gasteiger partial charge in [-0.3, -0.25) is 19.3 Å². The minimum Gasteiger partial charge on any atom is -0.510 e. The highest BCUT2D eigenvalue weighted by molar-refractivity contribution is 6.21. The standard InChI is InChI=1S/C22H26N2O8/c1-7-8-5-4-6-9(25)11(8)18(27)14-10(7)17(26)12-15(22(14,31)32)19(28)13(21(23)30)20(29)16(12)24(2)3/h4-7,10,12,14-17,25-26,29,31-32H,1-3H3,(H2,23,30)/t7-,10-,12-,14?,15-,16+,17+/m1/s1. The van der Waals surface area contributed by atoms with Crippen molar-refractivity contribution in [3.05, 3.63) is 40.7 Å². The predicted octanol–water partition coefficient (Wildman–Crippen LogP) is -0.977. The molecule has 0 saturated heterocycles. The largest absolute Gasteiger partial charge is 0.510 e. The van der Waals surface area contributed by atoms with E-state index in [2.05, 4.69) is 0 Å². The lowest BCUT2D eigenvalue weighted by Crippen LogP contribution is -2.71. The summed E-state index contributed by atoms with van der Waals surface area (Å²) in [6, 6.07) is 3.31. The van der Waals surface area contributed by atoms with Crippen LogP contribution in [0.1, 0.15) is 28.8 Å². The molecule has 172 valence electrons. The van der Waals surface area contributed by atoms with Gasteiger partial charge in [0.1, 0.15) is 17.1 Å². The average molecular weight is 446 g/mol. The summed E-state index contributed by atoms with van der Waals surface area (Å²) in [6.45, 7) is 1.68. The molecule has 10 nitrogen and oxygen atoms in total. The Kier molecular flexibility index (Phi) is 4.98. The van der Waals surface area contributed by atoms with Crippen LogP contribution >= 0.6 is 0 Å². The van der Waals surface area contributed by atoms with Gasteiger partial charge in [0.2, 0.25) is 0 Å². The second kappa shape index (κ2) is 7.11. The Labute approximate surface area is 183 Å². The van der Waals surface area contributed by atoms with E-state index in [9.17, 15) is 39.9 Å². The van der Waals surface area contributed by atoms with Gasteiger partial charge in [0.05, 0.1) is 29.5 Å². The van der Waals surface area contributed by atoms with Crippen molar-refractivity contribution in [1.29, 1.82) is 0 Å². The van der Waals surface area contributed by atoms with Crippen molar-refractivity contribution in [1.82, 2.24) is 4.90 Å². The third kappa shape index (κ3) is 2.70. The quantitative estimate of drug-likeness (QED) is 0.246. The van der Waals surface area contributed by atoms with Gasteiger partial charge in [0, 0.05) is 11.8 Å². The SMILES string of the molecule is C[C@@H]1c2cccc(O)c2C(=O)C2[C@@H]1[C@H](O)[C@H]1[C@H](N(C)C)C(O)=C(C(N)=O)C(=O)[C@@H]1C2(O)O. The maximum atomic E-state index is 13.4. The second-order valence-corrected chi connectivity index (χ2v) is 9.18. The molecule has 0 spiro atoms. The normalized spacial score (nSPS) is 35.9. The zero-order valence-corrected chi connectivity index (χ0v) is 17.8. The fourth-order valence-electron chi connectivity index (χ4n) is 6.12. The van der Waals surface area contributed by atoms with E-state index in [1.54, 1.807) is 19.1 Å². The number of hydrogen-bond acceptors (Lipinski definition) is 9. The van der Waals surface area contributed by atoms with E-state index in [0.717, 1.165) is 0 Å². The molecule has 1 amide bonds. The molecule has 0 radical (unpaired) electrons. The number of nitrogens with zero attached hydrogens (tertiary/aromatic N) is 1. The van der Waals surface area contributed by atoms with Gasteiger partial charge in [0.15, 0.2) is 17.4 Å². The third-order valence-electron chi connectivity index (χ3n) is 7.38. The number of rotatable bonds is 2. The van der Waals surface area contributed by atoms with E-state index >= 15 is 0 Å². The van der Waals surface area contributed by atoms with E-state index in [0.29, 0.717) is 5.56 Å². The first kappa shape index (κ1) is 22.4. The number of primary amides is 1. The molecule has 0 aliphatic heterocycles. The van der Waals surface area contributed by atoms with Crippen molar-refractivity contribution in [3.8, 4) is 5.75 Å². The molecule has 7 N–H and O–H groups in total. The predicted molar refractivity (Wildman–Crippen MR) is 109 cm³/mol. The first-order chi connectivity index (χ1) is 14.8. The summed E-state index contributed by atoms with van der Waals surface area (Å²) in [5, 5.41) is 55.0. The van der Waals surface area contributed by atoms with Gasteiger partial charge in [0.25, 0.3) is 5.91 Å². The van der Waals surface area contributed by atoms with Gasteiger partial charge in [-0.1, -0.05) is 19.1 Å². The molecule has 3 aliphatic rings. The number of likely N-dealkylation sites (N-methyl/N-ethyl adjacent to an activating group) is 1. The van der Waals surface area contributed by atoms with E-state index in [1.807, 2.05) is 0 Å². The van der Waals surface area contributed by atoms with Crippen molar-refractivity contribution in [3.63, 3.8) is 0 Å². The Hall–Kier alpha value is -2.79. The number of phenols is 1. The molecule has 1 unspecified atom stereocenters. The number of nitrogens with two attached hydrogens (primary N) is 1. The van der Waals surface area contributed by atoms with Crippen LogP contribution in [-0.2, 0) is 9.59 Å². The van der Waals surface area contributed by atoms with Crippen molar-refractivity contribution < 1.29 is 39.9 Å². The fourth-order valence-corrected chi connectivity index (χ4v) is 6.12. The van der Waals surface area contributed by atoms with Gasteiger partial charge in [-0.25, -0.2) is 0 Å². The Balaban J connectivity index is 1.98. The molecule has 4 rings (SSSR count). The monoisotopic (exact) mass is 446 g/mol. The summed E-state index contributed by atoms with van der Waals surface area (Å²) in [6.07, 6.45) is -1.43. The average Bonchev–Trinajstić information content (AvgIpc) is 2.67. The number of aliphatic hydroxyl groups excluding tert-OH is 2. The van der Waals surface area contributed by atoms with Crippen LogP contribution < -0.4 is 5.73 Å². The van der Waals surface area contributed by atoms with Crippen LogP contribution in [0.15, 0.2) is 29.5 Å². The third-order valence-corrected chi connectivity index (χ3v) is 7.38. The number of carbonyl (C=O) groups is 3. The Bertz CT molecular complexity index is 1060. The Morgan fingerprint density at radius 1 is 1.06 bits per heavy atom. The maximum absolute atomic E-state index is 13.4. The fraction of sp³-hybridized carbons (Fsp3) is 0.500. The smallest absolute Gasteiger partial charge is 0.255 e. The first-order valence-corrected chi connectivity index (χ1v) is 10.3. The van der Waals surface area contributed by atoms with Gasteiger partial charge < -0.3 is 31.3 Å². The van der Waals surface area contributed by atoms with Gasteiger partial charge >= 0.3 is 0 Å². The molecule has 1 saturated carbocycles. The molecule has 3 aliphatic carbocycles. The van der Waals surface area contributed by atoms with Gasteiger partial charge in [-0.05, 0) is 31.6 Å². The van der Waals surface area contributed by atoms with E-state index in [1.165, 1.54) is 25.1 Å². The highest BCUT2D eigenvalue weighted by atomic mass is 16.5. The molecular formula is C22H26N2O8. The van der Waals surface area contributed by atoms with Crippen LogP contribution in [-0.4, -0.2) is 79.9 Å². The number of Topliss-reactive ketones (excluding diaryl/α,β-unsaturated/α-hetero) is 2. The number of fused-ring (bicyclic) bond motifs is 3. The van der Waals surface area contributed by atoms with Gasteiger partial charge in [-0.15, -0.1) is 0 Å². The minimum absolute atomic E-state index is 0.0969. The Morgan fingerprint density at radius 2 is 1.66 bits per heavy atom. The molecule has 1 aromatic carbocycles. The lowest BCUT2D eigenvalue weighted by molar-refractivity contribution is -0.283. The summed E-state index contributed by atoms with van der Waals surface area (Å²) in [4.78, 5) is 40.0. The summed E-state index contributed by atoms with van der Waals surface area (Å²) in [5.74, 6) is -13.6.